The lowest BCUT2D eigenvalue weighted by atomic mass is 10.2. The van der Waals surface area contributed by atoms with Crippen molar-refractivity contribution in [1.82, 2.24) is 29.6 Å². The second-order valence-electron chi connectivity index (χ2n) is 11.5. The smallest absolute Gasteiger partial charge is 0.241 e. The Morgan fingerprint density at radius 1 is 0.707 bits per heavy atom. The zero-order valence-electron chi connectivity index (χ0n) is 24.1. The predicted molar refractivity (Wildman–Crippen MR) is 168 cm³/mol. The summed E-state index contributed by atoms with van der Waals surface area (Å²) in [5.74, 6) is 0.276. The molecule has 3 aliphatic rings. The molecule has 3 fully saturated rings. The first-order chi connectivity index (χ1) is 20.0. The molecule has 6 rings (SSSR count). The normalized spacial score (nSPS) is 19.0. The van der Waals surface area contributed by atoms with Gasteiger partial charge < -0.3 is 30.2 Å². The zero-order chi connectivity index (χ0) is 28.2. The molecule has 0 atom stereocenters. The molecule has 3 saturated heterocycles. The summed E-state index contributed by atoms with van der Waals surface area (Å²) in [6.07, 6.45) is 7.14. The molecule has 0 saturated carbocycles. The van der Waals surface area contributed by atoms with Crippen LogP contribution in [0.15, 0.2) is 6.07 Å². The molecule has 41 heavy (non-hydrogen) atoms. The molecule has 2 amide bonds. The van der Waals surface area contributed by atoms with E-state index in [0.717, 1.165) is 101 Å². The van der Waals surface area contributed by atoms with Gasteiger partial charge in [0.25, 0.3) is 0 Å². The third-order valence-electron chi connectivity index (χ3n) is 8.61. The fourth-order valence-corrected chi connectivity index (χ4v) is 8.24. The standard InChI is InChI=1S/C29H42N8O2S2/c1-21-26-22(40-28(32-26)30-19-24(38)36-13-4-5-14-36)18-23-27(21)33-29(41-23)31-20-25(39)37-15-7-12-35(16-17-37)11-6-10-34-8-2-3-9-34/h18H,2-17,19-20H2,1H3,(H,30,32)(H,31,33). The molecule has 1 aromatic carbocycles. The molecule has 0 radical (unpaired) electrons. The first-order valence-corrected chi connectivity index (χ1v) is 16.9. The summed E-state index contributed by atoms with van der Waals surface area (Å²) in [5.41, 5.74) is 2.86. The Morgan fingerprint density at radius 3 is 1.80 bits per heavy atom. The van der Waals surface area contributed by atoms with Gasteiger partial charge in [-0.05, 0) is 84.2 Å². The average Bonchev–Trinajstić information content (AvgIpc) is 3.78. The van der Waals surface area contributed by atoms with E-state index in [9.17, 15) is 9.59 Å². The van der Waals surface area contributed by atoms with Crippen molar-refractivity contribution in [3.63, 3.8) is 0 Å². The molecule has 222 valence electrons. The number of benzene rings is 1. The number of carbonyl (C=O) groups excluding carboxylic acids is 2. The molecule has 3 aliphatic heterocycles. The van der Waals surface area contributed by atoms with Gasteiger partial charge in [-0.3, -0.25) is 9.59 Å². The van der Waals surface area contributed by atoms with E-state index in [1.54, 1.807) is 22.7 Å². The number of nitrogens with zero attached hydrogens (tertiary/aromatic N) is 6. The van der Waals surface area contributed by atoms with Crippen molar-refractivity contribution in [3.05, 3.63) is 11.6 Å². The minimum absolute atomic E-state index is 0.136. The van der Waals surface area contributed by atoms with Crippen LogP contribution in [0.25, 0.3) is 20.4 Å². The van der Waals surface area contributed by atoms with Crippen LogP contribution >= 0.6 is 22.7 Å². The minimum atomic E-state index is 0.136. The average molecular weight is 599 g/mol. The largest absolute Gasteiger partial charge is 0.352 e. The number of nitrogens with one attached hydrogen (secondary N) is 2. The van der Waals surface area contributed by atoms with Crippen LogP contribution in [0, 0.1) is 6.92 Å². The van der Waals surface area contributed by atoms with E-state index in [1.165, 1.54) is 38.9 Å². The molecule has 12 heteroatoms. The summed E-state index contributed by atoms with van der Waals surface area (Å²) in [7, 11) is 0. The van der Waals surface area contributed by atoms with Crippen molar-refractivity contribution in [1.29, 1.82) is 0 Å². The third kappa shape index (κ3) is 6.93. The number of carbonyl (C=O) groups is 2. The molecule has 0 bridgehead atoms. The number of hydrogen-bond donors (Lipinski definition) is 2. The van der Waals surface area contributed by atoms with Gasteiger partial charge in [0.15, 0.2) is 10.3 Å². The van der Waals surface area contributed by atoms with Gasteiger partial charge in [-0.1, -0.05) is 22.7 Å². The number of aryl methyl sites for hydroxylation is 1. The number of anilines is 2. The van der Waals surface area contributed by atoms with Crippen molar-refractivity contribution < 1.29 is 9.59 Å². The maximum absolute atomic E-state index is 13.1. The Labute approximate surface area is 250 Å². The zero-order valence-corrected chi connectivity index (χ0v) is 25.8. The Morgan fingerprint density at radius 2 is 1.20 bits per heavy atom. The third-order valence-corrected chi connectivity index (χ3v) is 10.5. The number of aromatic nitrogens is 2. The van der Waals surface area contributed by atoms with Crippen molar-refractivity contribution in [3.8, 4) is 0 Å². The van der Waals surface area contributed by atoms with E-state index in [1.807, 2.05) is 16.7 Å². The number of thiazole rings is 2. The van der Waals surface area contributed by atoms with Gasteiger partial charge >= 0.3 is 0 Å². The van der Waals surface area contributed by atoms with E-state index >= 15 is 0 Å². The van der Waals surface area contributed by atoms with Crippen LogP contribution in [-0.4, -0.2) is 120 Å². The summed E-state index contributed by atoms with van der Waals surface area (Å²) >= 11 is 3.14. The molecular formula is C29H42N8O2S2. The van der Waals surface area contributed by atoms with Crippen LogP contribution in [0.1, 0.15) is 44.1 Å². The molecule has 2 aromatic heterocycles. The van der Waals surface area contributed by atoms with E-state index in [2.05, 4.69) is 26.5 Å². The van der Waals surface area contributed by atoms with Crippen molar-refractivity contribution in [2.24, 2.45) is 0 Å². The molecule has 10 nitrogen and oxygen atoms in total. The fraction of sp³-hybridized carbons (Fsp3) is 0.655. The monoisotopic (exact) mass is 598 g/mol. The predicted octanol–water partition coefficient (Wildman–Crippen LogP) is 3.68. The van der Waals surface area contributed by atoms with E-state index in [-0.39, 0.29) is 24.9 Å². The number of likely N-dealkylation sites (tertiary alicyclic amines) is 2. The Kier molecular flexibility index (Phi) is 9.19. The molecule has 2 N–H and O–H groups in total. The van der Waals surface area contributed by atoms with Crippen LogP contribution < -0.4 is 10.6 Å². The van der Waals surface area contributed by atoms with Crippen LogP contribution in [0.5, 0.6) is 0 Å². The Hall–Kier alpha value is -2.54. The topological polar surface area (TPSA) is 96.9 Å². The highest BCUT2D eigenvalue weighted by molar-refractivity contribution is 7.24. The summed E-state index contributed by atoms with van der Waals surface area (Å²) in [6, 6.07) is 2.13. The van der Waals surface area contributed by atoms with Crippen LogP contribution in [0.3, 0.4) is 0 Å². The highest BCUT2D eigenvalue weighted by atomic mass is 32.1. The lowest BCUT2D eigenvalue weighted by Gasteiger charge is -2.23. The lowest BCUT2D eigenvalue weighted by Crippen LogP contribution is -2.38. The second-order valence-corrected chi connectivity index (χ2v) is 13.6. The van der Waals surface area contributed by atoms with Crippen molar-refractivity contribution >= 4 is 65.2 Å². The first-order valence-electron chi connectivity index (χ1n) is 15.2. The maximum atomic E-state index is 13.1. The highest BCUT2D eigenvalue weighted by Crippen LogP contribution is 2.37. The number of rotatable bonds is 10. The summed E-state index contributed by atoms with van der Waals surface area (Å²) in [6.45, 7) is 12.8. The Bertz CT molecular complexity index is 1360. The quantitative estimate of drug-likeness (QED) is 0.365. The van der Waals surface area contributed by atoms with E-state index in [0.29, 0.717) is 0 Å². The highest BCUT2D eigenvalue weighted by Gasteiger charge is 2.21. The first kappa shape index (κ1) is 28.6. The molecule has 0 spiro atoms. The molecule has 3 aromatic rings. The van der Waals surface area contributed by atoms with Gasteiger partial charge in [0.1, 0.15) is 0 Å². The summed E-state index contributed by atoms with van der Waals surface area (Å²) in [5, 5.41) is 8.06. The van der Waals surface area contributed by atoms with E-state index in [4.69, 9.17) is 9.97 Å². The van der Waals surface area contributed by atoms with Gasteiger partial charge in [-0.25, -0.2) is 9.97 Å². The van der Waals surface area contributed by atoms with Crippen LogP contribution in [0.2, 0.25) is 0 Å². The number of amides is 2. The summed E-state index contributed by atoms with van der Waals surface area (Å²) in [4.78, 5) is 44.1. The van der Waals surface area contributed by atoms with E-state index < -0.39 is 0 Å². The van der Waals surface area contributed by atoms with Gasteiger partial charge in [0.2, 0.25) is 11.8 Å². The molecule has 0 aliphatic carbocycles. The maximum Gasteiger partial charge on any atom is 0.241 e. The van der Waals surface area contributed by atoms with Gasteiger partial charge in [0.05, 0.1) is 33.5 Å². The summed E-state index contributed by atoms with van der Waals surface area (Å²) < 4.78 is 2.15. The molecule has 0 unspecified atom stereocenters. The number of hydrogen-bond acceptors (Lipinski definition) is 10. The minimum Gasteiger partial charge on any atom is -0.352 e. The van der Waals surface area contributed by atoms with Gasteiger partial charge in [0, 0.05) is 38.3 Å². The molecular weight excluding hydrogens is 557 g/mol. The van der Waals surface area contributed by atoms with Crippen LogP contribution in [-0.2, 0) is 9.59 Å². The second kappa shape index (κ2) is 13.2. The lowest BCUT2D eigenvalue weighted by molar-refractivity contribution is -0.129. The Balaban J connectivity index is 1.000. The fourth-order valence-electron chi connectivity index (χ4n) is 6.24. The SMILES string of the molecule is Cc1c2nc(NCC(=O)N3CCCC3)sc2cc2sc(NCC(=O)N3CCCN(CCCN4CCCC4)CC3)nc12. The molecule has 5 heterocycles. The van der Waals surface area contributed by atoms with Crippen molar-refractivity contribution in [2.75, 3.05) is 89.2 Å². The van der Waals surface area contributed by atoms with Gasteiger partial charge in [-0.15, -0.1) is 0 Å². The van der Waals surface area contributed by atoms with Crippen LogP contribution in [0.4, 0.5) is 10.3 Å². The van der Waals surface area contributed by atoms with Gasteiger partial charge in [-0.2, -0.15) is 0 Å². The van der Waals surface area contributed by atoms with Crippen molar-refractivity contribution in [2.45, 2.75) is 45.4 Å². The number of fused-ring (bicyclic) bond motifs is 2.